The lowest BCUT2D eigenvalue weighted by molar-refractivity contribution is 0.238. The molecule has 0 amide bonds. The van der Waals surface area contributed by atoms with Crippen LogP contribution in [-0.4, -0.2) is 31.1 Å². The molecule has 0 radical (unpaired) electrons. The number of likely N-dealkylation sites (tertiary alicyclic amines) is 1. The predicted octanol–water partition coefficient (Wildman–Crippen LogP) is 3.26. The zero-order valence-electron chi connectivity index (χ0n) is 12.7. The maximum atomic E-state index is 3.42. The van der Waals surface area contributed by atoms with Crippen LogP contribution >= 0.6 is 0 Å². The normalized spacial score (nSPS) is 20.5. The molecule has 2 atom stereocenters. The molecule has 2 nitrogen and oxygen atoms in total. The van der Waals surface area contributed by atoms with Crippen LogP contribution in [0.3, 0.4) is 0 Å². The van der Waals surface area contributed by atoms with Crippen molar-refractivity contribution in [3.8, 4) is 0 Å². The van der Waals surface area contributed by atoms with Gasteiger partial charge in [-0.25, -0.2) is 0 Å². The summed E-state index contributed by atoms with van der Waals surface area (Å²) < 4.78 is 0. The Morgan fingerprint density at radius 3 is 2.33 bits per heavy atom. The number of rotatable bonds is 5. The molecule has 1 aliphatic rings. The molecular formula is C19H24N2. The van der Waals surface area contributed by atoms with E-state index in [2.05, 4.69) is 77.9 Å². The molecule has 110 valence electrons. The van der Waals surface area contributed by atoms with Gasteiger partial charge in [0.15, 0.2) is 0 Å². The van der Waals surface area contributed by atoms with Crippen molar-refractivity contribution in [2.45, 2.75) is 24.9 Å². The van der Waals surface area contributed by atoms with Gasteiger partial charge >= 0.3 is 0 Å². The van der Waals surface area contributed by atoms with Crippen LogP contribution in [0.25, 0.3) is 0 Å². The van der Waals surface area contributed by atoms with Crippen LogP contribution < -0.4 is 5.32 Å². The number of nitrogens with zero attached hydrogens (tertiary/aromatic N) is 1. The van der Waals surface area contributed by atoms with E-state index in [1.165, 1.54) is 24.1 Å². The zero-order valence-corrected chi connectivity index (χ0v) is 12.7. The van der Waals surface area contributed by atoms with Crippen LogP contribution in [0.1, 0.15) is 23.6 Å². The van der Waals surface area contributed by atoms with Crippen LogP contribution in [0.5, 0.6) is 0 Å². The molecule has 1 heterocycles. The van der Waals surface area contributed by atoms with Crippen molar-refractivity contribution in [3.05, 3.63) is 71.8 Å². The first kappa shape index (κ1) is 14.3. The van der Waals surface area contributed by atoms with E-state index in [1.54, 1.807) is 0 Å². The fraction of sp³-hybridized carbons (Fsp3) is 0.368. The predicted molar refractivity (Wildman–Crippen MR) is 88.4 cm³/mol. The summed E-state index contributed by atoms with van der Waals surface area (Å²) >= 11 is 0. The molecular weight excluding hydrogens is 256 g/mol. The number of hydrogen-bond acceptors (Lipinski definition) is 2. The second kappa shape index (κ2) is 6.88. The molecule has 0 aliphatic carbocycles. The lowest BCUT2D eigenvalue weighted by Crippen LogP contribution is -2.33. The van der Waals surface area contributed by atoms with Crippen LogP contribution in [0.4, 0.5) is 0 Å². The highest BCUT2D eigenvalue weighted by Gasteiger charge is 2.28. The monoisotopic (exact) mass is 280 g/mol. The van der Waals surface area contributed by atoms with Crippen molar-refractivity contribution in [1.82, 2.24) is 10.2 Å². The minimum Gasteiger partial charge on any atom is -0.316 e. The van der Waals surface area contributed by atoms with Crippen LogP contribution in [0, 0.1) is 0 Å². The Morgan fingerprint density at radius 1 is 1.05 bits per heavy atom. The first-order valence-corrected chi connectivity index (χ1v) is 7.87. The standard InChI is InChI=1S/C19H24N2/c1-20-18-12-13-21(15-18)19(17-10-6-3-7-11-17)14-16-8-4-2-5-9-16/h2-11,18-20H,12-15H2,1H3. The van der Waals surface area contributed by atoms with Crippen LogP contribution in [-0.2, 0) is 6.42 Å². The Morgan fingerprint density at radius 2 is 1.71 bits per heavy atom. The lowest BCUT2D eigenvalue weighted by Gasteiger charge is -2.28. The van der Waals surface area contributed by atoms with Gasteiger partial charge in [0.1, 0.15) is 0 Å². The molecule has 1 fully saturated rings. The largest absolute Gasteiger partial charge is 0.316 e. The van der Waals surface area contributed by atoms with E-state index in [0.717, 1.165) is 13.0 Å². The maximum Gasteiger partial charge on any atom is 0.0389 e. The summed E-state index contributed by atoms with van der Waals surface area (Å²) in [6.07, 6.45) is 2.33. The fourth-order valence-corrected chi connectivity index (χ4v) is 3.28. The van der Waals surface area contributed by atoms with E-state index < -0.39 is 0 Å². The molecule has 1 saturated heterocycles. The number of nitrogens with one attached hydrogen (secondary N) is 1. The summed E-state index contributed by atoms with van der Waals surface area (Å²) in [5.74, 6) is 0. The first-order chi connectivity index (χ1) is 10.4. The van der Waals surface area contributed by atoms with Crippen molar-refractivity contribution in [1.29, 1.82) is 0 Å². The van der Waals surface area contributed by atoms with Crippen molar-refractivity contribution in [2.75, 3.05) is 20.1 Å². The van der Waals surface area contributed by atoms with Gasteiger partial charge < -0.3 is 5.32 Å². The number of benzene rings is 2. The third-order valence-corrected chi connectivity index (χ3v) is 4.52. The summed E-state index contributed by atoms with van der Waals surface area (Å²) in [6, 6.07) is 22.9. The van der Waals surface area contributed by atoms with Crippen molar-refractivity contribution >= 4 is 0 Å². The van der Waals surface area contributed by atoms with Gasteiger partial charge in [-0.3, -0.25) is 4.90 Å². The van der Waals surface area contributed by atoms with E-state index >= 15 is 0 Å². The molecule has 0 bridgehead atoms. The molecule has 1 N–H and O–H groups in total. The average molecular weight is 280 g/mol. The van der Waals surface area contributed by atoms with E-state index in [0.29, 0.717) is 12.1 Å². The Balaban J connectivity index is 1.82. The molecule has 1 aliphatic heterocycles. The molecule has 2 aromatic carbocycles. The maximum absolute atomic E-state index is 3.42. The molecule has 0 spiro atoms. The SMILES string of the molecule is CNC1CCN(C(Cc2ccccc2)c2ccccc2)C1. The fourth-order valence-electron chi connectivity index (χ4n) is 3.28. The third-order valence-electron chi connectivity index (χ3n) is 4.52. The van der Waals surface area contributed by atoms with Crippen LogP contribution in [0.15, 0.2) is 60.7 Å². The highest BCUT2D eigenvalue weighted by Crippen LogP contribution is 2.28. The van der Waals surface area contributed by atoms with Crippen molar-refractivity contribution < 1.29 is 0 Å². The summed E-state index contributed by atoms with van der Waals surface area (Å²) in [5.41, 5.74) is 2.84. The minimum absolute atomic E-state index is 0.479. The molecule has 0 aromatic heterocycles. The average Bonchev–Trinajstić information content (AvgIpc) is 3.03. The third kappa shape index (κ3) is 3.52. The summed E-state index contributed by atoms with van der Waals surface area (Å²) in [6.45, 7) is 2.32. The van der Waals surface area contributed by atoms with Gasteiger partial charge in [0.2, 0.25) is 0 Å². The summed E-state index contributed by atoms with van der Waals surface area (Å²) in [4.78, 5) is 2.63. The zero-order chi connectivity index (χ0) is 14.5. The van der Waals surface area contributed by atoms with E-state index in [4.69, 9.17) is 0 Å². The van der Waals surface area contributed by atoms with Gasteiger partial charge in [-0.05, 0) is 31.0 Å². The van der Waals surface area contributed by atoms with E-state index in [9.17, 15) is 0 Å². The van der Waals surface area contributed by atoms with Gasteiger partial charge in [-0.15, -0.1) is 0 Å². The minimum atomic E-state index is 0.479. The Labute approximate surface area is 127 Å². The quantitative estimate of drug-likeness (QED) is 0.904. The van der Waals surface area contributed by atoms with E-state index in [-0.39, 0.29) is 0 Å². The Kier molecular flexibility index (Phi) is 4.69. The van der Waals surface area contributed by atoms with Crippen molar-refractivity contribution in [2.24, 2.45) is 0 Å². The topological polar surface area (TPSA) is 15.3 Å². The molecule has 0 saturated carbocycles. The number of likely N-dealkylation sites (N-methyl/N-ethyl adjacent to an activating group) is 1. The smallest absolute Gasteiger partial charge is 0.0389 e. The highest BCUT2D eigenvalue weighted by atomic mass is 15.2. The molecule has 21 heavy (non-hydrogen) atoms. The Hall–Kier alpha value is -1.64. The second-order valence-corrected chi connectivity index (χ2v) is 5.89. The van der Waals surface area contributed by atoms with Crippen LogP contribution in [0.2, 0.25) is 0 Å². The summed E-state index contributed by atoms with van der Waals surface area (Å²) in [5, 5.41) is 3.42. The molecule has 3 rings (SSSR count). The van der Waals surface area contributed by atoms with Gasteiger partial charge in [0, 0.05) is 25.2 Å². The molecule has 2 aromatic rings. The molecule has 2 unspecified atom stereocenters. The van der Waals surface area contributed by atoms with Gasteiger partial charge in [-0.2, -0.15) is 0 Å². The first-order valence-electron chi connectivity index (χ1n) is 7.87. The second-order valence-electron chi connectivity index (χ2n) is 5.89. The number of hydrogen-bond donors (Lipinski definition) is 1. The summed E-state index contributed by atoms with van der Waals surface area (Å²) in [7, 11) is 2.07. The molecule has 2 heteroatoms. The Bertz CT molecular complexity index is 538. The van der Waals surface area contributed by atoms with Gasteiger partial charge in [0.05, 0.1) is 0 Å². The van der Waals surface area contributed by atoms with Gasteiger partial charge in [0.25, 0.3) is 0 Å². The van der Waals surface area contributed by atoms with Gasteiger partial charge in [-0.1, -0.05) is 60.7 Å². The highest BCUT2D eigenvalue weighted by molar-refractivity contribution is 5.24. The lowest BCUT2D eigenvalue weighted by atomic mass is 9.97. The van der Waals surface area contributed by atoms with E-state index in [1.807, 2.05) is 0 Å². The van der Waals surface area contributed by atoms with Crippen molar-refractivity contribution in [3.63, 3.8) is 0 Å².